The summed E-state index contributed by atoms with van der Waals surface area (Å²) in [6, 6.07) is 76.3. The van der Waals surface area contributed by atoms with Crippen LogP contribution in [0.1, 0.15) is 63.8 Å². The summed E-state index contributed by atoms with van der Waals surface area (Å²) < 4.78 is 2.38. The van der Waals surface area contributed by atoms with Gasteiger partial charge in [-0.05, 0) is 90.2 Å². The van der Waals surface area contributed by atoms with Crippen molar-refractivity contribution in [2.24, 2.45) is 0 Å². The number of aromatic nitrogens is 3. The standard InChI is InChI=1S/C61H54N4Si/c1-60(2,3)45-33-35-56-51(39-45)52-40-46(61(4,5)6)34-36-57(52)64(56)58-41-53(62-59(63-58)65-54-31-18-16-21-43(54)37-44-22-17-19-32-55(44)65)42-23-20-30-50(38-42)66(47-24-10-7-11-25-47,48-26-12-8-13-27-48)49-28-14-9-15-29-49/h7-36,38-41H,37H2,1-6H3. The molecule has 0 saturated carbocycles. The molecule has 0 spiro atoms. The average Bonchev–Trinajstić information content (AvgIpc) is 3.67. The maximum absolute atomic E-state index is 5.67. The van der Waals surface area contributed by atoms with Gasteiger partial charge in [0.05, 0.1) is 28.1 Å². The Morgan fingerprint density at radius 1 is 0.424 bits per heavy atom. The zero-order chi connectivity index (χ0) is 45.2. The number of nitrogens with zero attached hydrogens (tertiary/aromatic N) is 4. The molecule has 8 aromatic carbocycles. The van der Waals surface area contributed by atoms with Gasteiger partial charge in [0.2, 0.25) is 5.95 Å². The second-order valence-corrected chi connectivity index (χ2v) is 23.7. The van der Waals surface area contributed by atoms with Crippen molar-refractivity contribution in [3.8, 4) is 17.1 Å². The summed E-state index contributed by atoms with van der Waals surface area (Å²) in [4.78, 5) is 13.6. The molecule has 1 aliphatic rings. The van der Waals surface area contributed by atoms with E-state index in [-0.39, 0.29) is 10.8 Å². The van der Waals surface area contributed by atoms with Crippen LogP contribution in [0.3, 0.4) is 0 Å². The van der Waals surface area contributed by atoms with E-state index in [0.717, 1.165) is 45.9 Å². The van der Waals surface area contributed by atoms with Gasteiger partial charge in [0, 0.05) is 28.8 Å². The third-order valence-corrected chi connectivity index (χ3v) is 18.5. The Labute approximate surface area is 389 Å². The summed E-state index contributed by atoms with van der Waals surface area (Å²) >= 11 is 0. The minimum atomic E-state index is -2.85. The van der Waals surface area contributed by atoms with Gasteiger partial charge in [-0.3, -0.25) is 9.47 Å². The molecule has 2 aromatic heterocycles. The van der Waals surface area contributed by atoms with E-state index in [9.17, 15) is 0 Å². The number of anilines is 3. The van der Waals surface area contributed by atoms with Crippen molar-refractivity contribution in [2.45, 2.75) is 58.8 Å². The highest BCUT2D eigenvalue weighted by Gasteiger charge is 2.41. The molecule has 0 bridgehead atoms. The fraction of sp³-hybridized carbons (Fsp3) is 0.148. The summed E-state index contributed by atoms with van der Waals surface area (Å²) in [7, 11) is -2.85. The highest BCUT2D eigenvalue weighted by Crippen LogP contribution is 2.44. The molecule has 11 rings (SSSR count). The predicted octanol–water partition coefficient (Wildman–Crippen LogP) is 12.6. The van der Waals surface area contributed by atoms with Gasteiger partial charge in [-0.15, -0.1) is 0 Å². The Balaban J connectivity index is 1.21. The van der Waals surface area contributed by atoms with Gasteiger partial charge in [0.25, 0.3) is 0 Å². The van der Waals surface area contributed by atoms with Gasteiger partial charge in [-0.1, -0.05) is 205 Å². The Kier molecular flexibility index (Phi) is 10.0. The summed E-state index contributed by atoms with van der Waals surface area (Å²) in [5, 5.41) is 7.75. The molecule has 0 radical (unpaired) electrons. The molecule has 322 valence electrons. The first-order valence-corrected chi connectivity index (χ1v) is 25.2. The molecule has 0 unspecified atom stereocenters. The van der Waals surface area contributed by atoms with E-state index in [4.69, 9.17) is 9.97 Å². The summed E-state index contributed by atoms with van der Waals surface area (Å²) in [6.07, 6.45) is 0.849. The predicted molar refractivity (Wildman–Crippen MR) is 280 cm³/mol. The molecule has 0 aliphatic carbocycles. The van der Waals surface area contributed by atoms with Crippen molar-refractivity contribution in [1.29, 1.82) is 0 Å². The number of rotatable bonds is 7. The monoisotopic (exact) mass is 870 g/mol. The van der Waals surface area contributed by atoms with E-state index in [1.807, 2.05) is 0 Å². The van der Waals surface area contributed by atoms with Crippen molar-refractivity contribution in [3.05, 3.63) is 229 Å². The van der Waals surface area contributed by atoms with Crippen LogP contribution in [0.4, 0.5) is 17.3 Å². The number of benzene rings is 8. The quantitative estimate of drug-likeness (QED) is 0.118. The number of para-hydroxylation sites is 2. The van der Waals surface area contributed by atoms with Crippen molar-refractivity contribution in [3.63, 3.8) is 0 Å². The second-order valence-electron chi connectivity index (χ2n) is 19.9. The van der Waals surface area contributed by atoms with Crippen molar-refractivity contribution in [1.82, 2.24) is 14.5 Å². The highest BCUT2D eigenvalue weighted by molar-refractivity contribution is 7.19. The first-order chi connectivity index (χ1) is 32.0. The Hall–Kier alpha value is -7.34. The lowest BCUT2D eigenvalue weighted by Gasteiger charge is -2.34. The molecular formula is C61H54N4Si. The maximum Gasteiger partial charge on any atom is 0.237 e. The van der Waals surface area contributed by atoms with Crippen LogP contribution in [-0.4, -0.2) is 22.6 Å². The van der Waals surface area contributed by atoms with E-state index >= 15 is 0 Å². The third-order valence-electron chi connectivity index (χ3n) is 13.7. The molecule has 10 aromatic rings. The molecule has 0 amide bonds. The summed E-state index contributed by atoms with van der Waals surface area (Å²) in [5.74, 6) is 1.46. The largest absolute Gasteiger partial charge is 0.294 e. The molecule has 0 N–H and O–H groups in total. The van der Waals surface area contributed by atoms with E-state index in [2.05, 4.69) is 257 Å². The van der Waals surface area contributed by atoms with Crippen LogP contribution in [-0.2, 0) is 17.3 Å². The van der Waals surface area contributed by atoms with Gasteiger partial charge in [-0.25, -0.2) is 4.98 Å². The number of fused-ring (bicyclic) bond motifs is 5. The van der Waals surface area contributed by atoms with Gasteiger partial charge in [0.1, 0.15) is 5.82 Å². The highest BCUT2D eigenvalue weighted by atomic mass is 28.3. The van der Waals surface area contributed by atoms with Crippen LogP contribution in [0.5, 0.6) is 0 Å². The fourth-order valence-corrected chi connectivity index (χ4v) is 15.1. The van der Waals surface area contributed by atoms with Crippen LogP contribution in [0.25, 0.3) is 38.9 Å². The number of hydrogen-bond donors (Lipinski definition) is 0. The van der Waals surface area contributed by atoms with Gasteiger partial charge >= 0.3 is 0 Å². The second kappa shape index (κ2) is 16.0. The SMILES string of the molecule is CC(C)(C)c1ccc2c(c1)c1cc(C(C)(C)C)ccc1n2-c1cc(-c2cccc([Si](c3ccccc3)(c3ccccc3)c3ccccc3)c2)nc(N2c3ccccc3Cc3ccccc32)n1. The van der Waals surface area contributed by atoms with Crippen molar-refractivity contribution >= 4 is 67.9 Å². The van der Waals surface area contributed by atoms with Crippen molar-refractivity contribution in [2.75, 3.05) is 4.90 Å². The molecule has 4 nitrogen and oxygen atoms in total. The maximum atomic E-state index is 5.67. The molecule has 0 atom stereocenters. The number of hydrogen-bond acceptors (Lipinski definition) is 3. The minimum Gasteiger partial charge on any atom is -0.294 e. The summed E-state index contributed by atoms with van der Waals surface area (Å²) in [6.45, 7) is 13.8. The Morgan fingerprint density at radius 3 is 1.36 bits per heavy atom. The molecule has 1 aliphatic heterocycles. The van der Waals surface area contributed by atoms with Crippen molar-refractivity contribution < 1.29 is 0 Å². The lowest BCUT2D eigenvalue weighted by molar-refractivity contribution is 0.590. The third kappa shape index (κ3) is 6.97. The average molecular weight is 871 g/mol. The van der Waals surface area contributed by atoms with Crippen LogP contribution >= 0.6 is 0 Å². The first-order valence-electron chi connectivity index (χ1n) is 23.2. The Bertz CT molecular complexity index is 3200. The van der Waals surface area contributed by atoms with Crippen LogP contribution in [0.2, 0.25) is 0 Å². The minimum absolute atomic E-state index is 0.0165. The van der Waals surface area contributed by atoms with E-state index in [0.29, 0.717) is 5.95 Å². The zero-order valence-electron chi connectivity index (χ0n) is 38.6. The normalized spacial score (nSPS) is 12.9. The summed E-state index contributed by atoms with van der Waals surface area (Å²) in [5.41, 5.74) is 11.4. The van der Waals surface area contributed by atoms with E-state index in [1.54, 1.807) is 0 Å². The van der Waals surface area contributed by atoms with Gasteiger partial charge in [0.15, 0.2) is 8.07 Å². The molecular weight excluding hydrogens is 817 g/mol. The first kappa shape index (κ1) is 41.4. The molecule has 0 saturated heterocycles. The molecule has 5 heteroatoms. The lowest BCUT2D eigenvalue weighted by atomic mass is 9.85. The van der Waals surface area contributed by atoms with E-state index in [1.165, 1.54) is 53.8 Å². The van der Waals surface area contributed by atoms with Gasteiger partial charge < -0.3 is 0 Å². The van der Waals surface area contributed by atoms with Crippen LogP contribution < -0.4 is 25.6 Å². The molecule has 66 heavy (non-hydrogen) atoms. The molecule has 3 heterocycles. The Morgan fingerprint density at radius 2 is 0.879 bits per heavy atom. The van der Waals surface area contributed by atoms with Crippen LogP contribution in [0, 0.1) is 0 Å². The van der Waals surface area contributed by atoms with Crippen LogP contribution in [0.15, 0.2) is 206 Å². The molecule has 0 fully saturated rings. The van der Waals surface area contributed by atoms with Gasteiger partial charge in [-0.2, -0.15) is 4.98 Å². The zero-order valence-corrected chi connectivity index (χ0v) is 39.6. The fourth-order valence-electron chi connectivity index (χ4n) is 10.3. The smallest absolute Gasteiger partial charge is 0.237 e. The lowest BCUT2D eigenvalue weighted by Crippen LogP contribution is -2.74. The van der Waals surface area contributed by atoms with E-state index < -0.39 is 8.07 Å². The topological polar surface area (TPSA) is 34.0 Å².